The van der Waals surface area contributed by atoms with E-state index in [1.54, 1.807) is 0 Å². The maximum absolute atomic E-state index is 5.82. The molecular formula is C12H21N5S. The second-order valence-electron chi connectivity index (χ2n) is 5.70. The largest absolute Gasteiger partial charge is 0.368 e. The summed E-state index contributed by atoms with van der Waals surface area (Å²) in [5.41, 5.74) is 5.72. The summed E-state index contributed by atoms with van der Waals surface area (Å²) in [5, 5.41) is 0. The third kappa shape index (κ3) is 2.92. The highest BCUT2D eigenvalue weighted by Gasteiger charge is 2.27. The Morgan fingerprint density at radius 1 is 1.28 bits per heavy atom. The van der Waals surface area contributed by atoms with Crippen molar-refractivity contribution in [3.8, 4) is 0 Å². The van der Waals surface area contributed by atoms with Gasteiger partial charge in [-0.05, 0) is 7.05 Å². The molecule has 2 rings (SSSR count). The number of aromatic nitrogens is 3. The van der Waals surface area contributed by atoms with Crippen LogP contribution in [-0.4, -0.2) is 44.9 Å². The molecule has 0 saturated carbocycles. The minimum Gasteiger partial charge on any atom is -0.368 e. The molecule has 1 aliphatic rings. The van der Waals surface area contributed by atoms with Crippen molar-refractivity contribution in [2.45, 2.75) is 32.2 Å². The summed E-state index contributed by atoms with van der Waals surface area (Å²) < 4.78 is 0. The lowest BCUT2D eigenvalue weighted by Gasteiger charge is -2.31. The fourth-order valence-corrected chi connectivity index (χ4v) is 3.06. The number of thioether (sulfide) groups is 1. The van der Waals surface area contributed by atoms with Crippen molar-refractivity contribution in [3.63, 3.8) is 0 Å². The molecule has 0 amide bonds. The molecule has 100 valence electrons. The summed E-state index contributed by atoms with van der Waals surface area (Å²) in [5.74, 6) is 4.09. The Morgan fingerprint density at radius 3 is 2.61 bits per heavy atom. The minimum absolute atomic E-state index is 0.105. The number of nitrogen functional groups attached to an aromatic ring is 1. The van der Waals surface area contributed by atoms with Gasteiger partial charge in [0.2, 0.25) is 5.95 Å². The average molecular weight is 267 g/mol. The van der Waals surface area contributed by atoms with Crippen LogP contribution < -0.4 is 5.73 Å². The van der Waals surface area contributed by atoms with Crippen LogP contribution in [0, 0.1) is 0 Å². The SMILES string of the molecule is CN1CCSCC1c1nc(N)nc(C(C)(C)C)n1. The van der Waals surface area contributed by atoms with Crippen LogP contribution >= 0.6 is 11.8 Å². The van der Waals surface area contributed by atoms with Gasteiger partial charge in [0.25, 0.3) is 0 Å². The highest BCUT2D eigenvalue weighted by Crippen LogP contribution is 2.27. The van der Waals surface area contributed by atoms with Crippen LogP contribution in [0.5, 0.6) is 0 Å². The van der Waals surface area contributed by atoms with Gasteiger partial charge in [-0.3, -0.25) is 4.90 Å². The van der Waals surface area contributed by atoms with E-state index in [9.17, 15) is 0 Å². The molecule has 6 heteroatoms. The second-order valence-corrected chi connectivity index (χ2v) is 6.85. The molecule has 2 heterocycles. The molecule has 18 heavy (non-hydrogen) atoms. The van der Waals surface area contributed by atoms with Gasteiger partial charge in [-0.1, -0.05) is 20.8 Å². The molecule has 1 aromatic heterocycles. The number of nitrogens with two attached hydrogens (primary N) is 1. The molecule has 0 bridgehead atoms. The Balaban J connectivity index is 2.35. The number of hydrogen-bond acceptors (Lipinski definition) is 6. The lowest BCUT2D eigenvalue weighted by molar-refractivity contribution is 0.263. The van der Waals surface area contributed by atoms with Gasteiger partial charge >= 0.3 is 0 Å². The van der Waals surface area contributed by atoms with Gasteiger partial charge in [-0.2, -0.15) is 21.7 Å². The van der Waals surface area contributed by atoms with Crippen molar-refractivity contribution >= 4 is 17.7 Å². The van der Waals surface area contributed by atoms with Crippen molar-refractivity contribution in [3.05, 3.63) is 11.6 Å². The van der Waals surface area contributed by atoms with E-state index < -0.39 is 0 Å². The number of nitrogens with zero attached hydrogens (tertiary/aromatic N) is 4. The zero-order valence-electron chi connectivity index (χ0n) is 11.5. The van der Waals surface area contributed by atoms with E-state index in [2.05, 4.69) is 47.7 Å². The van der Waals surface area contributed by atoms with Gasteiger partial charge in [0.05, 0.1) is 6.04 Å². The van der Waals surface area contributed by atoms with Gasteiger partial charge in [-0.15, -0.1) is 0 Å². The van der Waals surface area contributed by atoms with Crippen LogP contribution in [0.4, 0.5) is 5.95 Å². The highest BCUT2D eigenvalue weighted by atomic mass is 32.2. The van der Waals surface area contributed by atoms with Crippen molar-refractivity contribution in [2.75, 3.05) is 30.8 Å². The van der Waals surface area contributed by atoms with Crippen LogP contribution in [-0.2, 0) is 5.41 Å². The molecule has 1 unspecified atom stereocenters. The predicted molar refractivity (Wildman–Crippen MR) is 75.6 cm³/mol. The molecule has 1 atom stereocenters. The minimum atomic E-state index is -0.105. The smallest absolute Gasteiger partial charge is 0.223 e. The molecule has 5 nitrogen and oxygen atoms in total. The van der Waals surface area contributed by atoms with Crippen molar-refractivity contribution in [1.29, 1.82) is 0 Å². The Bertz CT molecular complexity index is 429. The van der Waals surface area contributed by atoms with Gasteiger partial charge in [0.1, 0.15) is 5.82 Å². The zero-order chi connectivity index (χ0) is 13.3. The summed E-state index contributed by atoms with van der Waals surface area (Å²) in [6, 6.07) is 0.246. The zero-order valence-corrected chi connectivity index (χ0v) is 12.3. The summed E-state index contributed by atoms with van der Waals surface area (Å²) in [7, 11) is 2.11. The van der Waals surface area contributed by atoms with E-state index in [0.29, 0.717) is 5.95 Å². The first-order valence-corrected chi connectivity index (χ1v) is 7.33. The van der Waals surface area contributed by atoms with Crippen molar-refractivity contribution in [1.82, 2.24) is 19.9 Å². The van der Waals surface area contributed by atoms with Crippen molar-refractivity contribution < 1.29 is 0 Å². The van der Waals surface area contributed by atoms with Gasteiger partial charge in [-0.25, -0.2) is 4.98 Å². The first-order chi connectivity index (χ1) is 8.38. The van der Waals surface area contributed by atoms with Crippen LogP contribution in [0.2, 0.25) is 0 Å². The molecule has 1 aromatic rings. The second kappa shape index (κ2) is 5.01. The normalized spacial score (nSPS) is 22.1. The first kappa shape index (κ1) is 13.5. The molecule has 1 fully saturated rings. The molecule has 0 aromatic carbocycles. The maximum atomic E-state index is 5.82. The van der Waals surface area contributed by atoms with Crippen LogP contribution in [0.25, 0.3) is 0 Å². The molecule has 0 aliphatic carbocycles. The Morgan fingerprint density at radius 2 is 2.00 bits per heavy atom. The number of anilines is 1. The maximum Gasteiger partial charge on any atom is 0.223 e. The van der Waals surface area contributed by atoms with E-state index in [-0.39, 0.29) is 11.5 Å². The highest BCUT2D eigenvalue weighted by molar-refractivity contribution is 7.99. The average Bonchev–Trinajstić information content (AvgIpc) is 2.27. The van der Waals surface area contributed by atoms with Crippen molar-refractivity contribution in [2.24, 2.45) is 0 Å². The number of rotatable bonds is 1. The molecule has 0 radical (unpaired) electrons. The topological polar surface area (TPSA) is 67.9 Å². The van der Waals surface area contributed by atoms with E-state index >= 15 is 0 Å². The predicted octanol–water partition coefficient (Wildman–Crippen LogP) is 1.47. The summed E-state index contributed by atoms with van der Waals surface area (Å²) in [6.07, 6.45) is 0. The van der Waals surface area contributed by atoms with Gasteiger partial charge in [0.15, 0.2) is 5.82 Å². The third-order valence-electron chi connectivity index (χ3n) is 3.03. The van der Waals surface area contributed by atoms with Crippen LogP contribution in [0.15, 0.2) is 0 Å². The Hall–Kier alpha value is -0.880. The van der Waals surface area contributed by atoms with Crippen LogP contribution in [0.3, 0.4) is 0 Å². The summed E-state index contributed by atoms with van der Waals surface area (Å²) in [4.78, 5) is 15.5. The monoisotopic (exact) mass is 267 g/mol. The van der Waals surface area contributed by atoms with E-state index in [4.69, 9.17) is 5.73 Å². The van der Waals surface area contributed by atoms with Gasteiger partial charge < -0.3 is 5.73 Å². The fraction of sp³-hybridized carbons (Fsp3) is 0.750. The molecule has 0 spiro atoms. The standard InChI is InChI=1S/C12H21N5S/c1-12(2,3)10-14-9(15-11(13)16-10)8-7-18-6-5-17(8)4/h8H,5-7H2,1-4H3,(H2,13,14,15,16). The number of hydrogen-bond donors (Lipinski definition) is 1. The summed E-state index contributed by atoms with van der Waals surface area (Å²) in [6.45, 7) is 7.33. The van der Waals surface area contributed by atoms with Gasteiger partial charge in [0, 0.05) is 23.5 Å². The van der Waals surface area contributed by atoms with E-state index in [0.717, 1.165) is 23.9 Å². The third-order valence-corrected chi connectivity index (χ3v) is 4.06. The lowest BCUT2D eigenvalue weighted by Crippen LogP contribution is -2.34. The summed E-state index contributed by atoms with van der Waals surface area (Å²) >= 11 is 1.94. The Labute approximate surface area is 113 Å². The molecule has 2 N–H and O–H groups in total. The fourth-order valence-electron chi connectivity index (χ4n) is 1.85. The van der Waals surface area contributed by atoms with Crippen LogP contribution in [0.1, 0.15) is 38.5 Å². The Kier molecular flexibility index (Phi) is 3.77. The lowest BCUT2D eigenvalue weighted by atomic mass is 9.96. The molecule has 1 aliphatic heterocycles. The van der Waals surface area contributed by atoms with E-state index in [1.165, 1.54) is 5.75 Å². The molecule has 1 saturated heterocycles. The quantitative estimate of drug-likeness (QED) is 0.831. The first-order valence-electron chi connectivity index (χ1n) is 6.18. The molecular weight excluding hydrogens is 246 g/mol. The van der Waals surface area contributed by atoms with E-state index in [1.807, 2.05) is 11.8 Å².